The molecule has 1 heterocycles. The summed E-state index contributed by atoms with van der Waals surface area (Å²) >= 11 is 6.18. The van der Waals surface area contributed by atoms with Gasteiger partial charge in [0.2, 0.25) is 5.91 Å². The minimum absolute atomic E-state index is 0.143. The number of anilines is 1. The molecule has 0 spiro atoms. The number of nitrogen functional groups attached to an aromatic ring is 1. The number of nitrogens with one attached hydrogen (secondary N) is 1. The summed E-state index contributed by atoms with van der Waals surface area (Å²) in [7, 11) is 1.69. The molecule has 2 rings (SSSR count). The van der Waals surface area contributed by atoms with Gasteiger partial charge in [-0.1, -0.05) is 17.7 Å². The van der Waals surface area contributed by atoms with Crippen LogP contribution in [0.15, 0.2) is 18.2 Å². The third kappa shape index (κ3) is 3.39. The van der Waals surface area contributed by atoms with Gasteiger partial charge in [-0.3, -0.25) is 9.69 Å². The van der Waals surface area contributed by atoms with Gasteiger partial charge >= 0.3 is 0 Å². The van der Waals surface area contributed by atoms with Crippen molar-refractivity contribution in [3.8, 4) is 0 Å². The van der Waals surface area contributed by atoms with Gasteiger partial charge in [-0.25, -0.2) is 0 Å². The fourth-order valence-electron chi connectivity index (χ4n) is 2.52. The van der Waals surface area contributed by atoms with E-state index in [0.29, 0.717) is 5.02 Å². The summed E-state index contributed by atoms with van der Waals surface area (Å²) < 4.78 is 0. The first-order valence-corrected chi connectivity index (χ1v) is 6.96. The van der Waals surface area contributed by atoms with Crippen LogP contribution in [0.3, 0.4) is 0 Å². The van der Waals surface area contributed by atoms with Crippen LogP contribution >= 0.6 is 11.6 Å². The number of hydrogen-bond donors (Lipinski definition) is 2. The van der Waals surface area contributed by atoms with E-state index in [1.807, 2.05) is 18.2 Å². The summed E-state index contributed by atoms with van der Waals surface area (Å²) in [6, 6.07) is 5.60. The molecule has 0 radical (unpaired) electrons. The molecule has 19 heavy (non-hydrogen) atoms. The van der Waals surface area contributed by atoms with Crippen LogP contribution in [0.4, 0.5) is 5.69 Å². The number of carbonyl (C=O) groups excluding carboxylic acids is 1. The average Bonchev–Trinajstić information content (AvgIpc) is 2.43. The molecule has 1 aromatic rings. The van der Waals surface area contributed by atoms with Crippen LogP contribution in [-0.2, 0) is 11.3 Å². The zero-order valence-electron chi connectivity index (χ0n) is 11.2. The van der Waals surface area contributed by atoms with E-state index >= 15 is 0 Å². The smallest absolute Gasteiger partial charge is 0.222 e. The van der Waals surface area contributed by atoms with Crippen LogP contribution in [0, 0.1) is 5.92 Å². The zero-order valence-corrected chi connectivity index (χ0v) is 11.9. The second kappa shape index (κ2) is 6.26. The molecule has 1 fully saturated rings. The molecule has 1 saturated heterocycles. The summed E-state index contributed by atoms with van der Waals surface area (Å²) in [4.78, 5) is 13.9. The van der Waals surface area contributed by atoms with Crippen molar-refractivity contribution in [1.29, 1.82) is 0 Å². The Morgan fingerprint density at radius 1 is 1.47 bits per heavy atom. The molecule has 3 N–H and O–H groups in total. The number of rotatable bonds is 3. The number of hydrogen-bond acceptors (Lipinski definition) is 3. The van der Waals surface area contributed by atoms with Crippen LogP contribution in [0.1, 0.15) is 18.4 Å². The lowest BCUT2D eigenvalue weighted by molar-refractivity contribution is -0.125. The van der Waals surface area contributed by atoms with E-state index in [1.165, 1.54) is 0 Å². The third-order valence-electron chi connectivity index (χ3n) is 3.74. The molecule has 0 atom stereocenters. The minimum atomic E-state index is 0.143. The molecule has 0 aliphatic carbocycles. The van der Waals surface area contributed by atoms with E-state index in [1.54, 1.807) is 7.05 Å². The Morgan fingerprint density at radius 3 is 2.74 bits per heavy atom. The molecule has 0 aromatic heterocycles. The maximum Gasteiger partial charge on any atom is 0.222 e. The predicted octanol–water partition coefficient (Wildman–Crippen LogP) is 1.88. The number of halogens is 1. The van der Waals surface area contributed by atoms with Crippen LogP contribution in [0.25, 0.3) is 0 Å². The maximum atomic E-state index is 11.6. The lowest BCUT2D eigenvalue weighted by Crippen LogP contribution is -2.39. The fraction of sp³-hybridized carbons (Fsp3) is 0.500. The molecule has 0 bridgehead atoms. The Morgan fingerprint density at radius 2 is 2.16 bits per heavy atom. The summed E-state index contributed by atoms with van der Waals surface area (Å²) in [5.41, 5.74) is 7.69. The second-order valence-corrected chi connectivity index (χ2v) is 5.38. The van der Waals surface area contributed by atoms with E-state index in [0.717, 1.165) is 43.7 Å². The normalized spacial score (nSPS) is 17.4. The summed E-state index contributed by atoms with van der Waals surface area (Å²) in [6.07, 6.45) is 1.79. The van der Waals surface area contributed by atoms with E-state index < -0.39 is 0 Å². The first-order chi connectivity index (χ1) is 9.11. The maximum absolute atomic E-state index is 11.6. The van der Waals surface area contributed by atoms with Gasteiger partial charge in [0.1, 0.15) is 0 Å². The average molecular weight is 282 g/mol. The Kier molecular flexibility index (Phi) is 4.66. The monoisotopic (exact) mass is 281 g/mol. The largest absolute Gasteiger partial charge is 0.398 e. The highest BCUT2D eigenvalue weighted by Crippen LogP contribution is 2.26. The Bertz CT molecular complexity index is 436. The summed E-state index contributed by atoms with van der Waals surface area (Å²) in [6.45, 7) is 2.57. The van der Waals surface area contributed by atoms with E-state index in [2.05, 4.69) is 10.2 Å². The van der Waals surface area contributed by atoms with Crippen LogP contribution in [-0.4, -0.2) is 30.9 Å². The first-order valence-electron chi connectivity index (χ1n) is 6.58. The standard InChI is InChI=1S/C14H20ClN3O/c1-17-14(19)10-5-7-18(8-6-10)9-11-12(15)3-2-4-13(11)16/h2-4,10H,5-9,16H2,1H3,(H,17,19). The number of nitrogens with two attached hydrogens (primary N) is 1. The first kappa shape index (κ1) is 14.2. The van der Waals surface area contributed by atoms with Gasteiger partial charge < -0.3 is 11.1 Å². The fourth-order valence-corrected chi connectivity index (χ4v) is 2.76. The molecule has 1 aliphatic rings. The number of piperidine rings is 1. The number of benzene rings is 1. The lowest BCUT2D eigenvalue weighted by atomic mass is 9.95. The number of likely N-dealkylation sites (tertiary alicyclic amines) is 1. The molecule has 1 aliphatic heterocycles. The minimum Gasteiger partial charge on any atom is -0.398 e. The lowest BCUT2D eigenvalue weighted by Gasteiger charge is -2.31. The van der Waals surface area contributed by atoms with Gasteiger partial charge in [-0.05, 0) is 38.1 Å². The van der Waals surface area contributed by atoms with Crippen molar-refractivity contribution in [3.63, 3.8) is 0 Å². The molecule has 1 aromatic carbocycles. The molecule has 0 saturated carbocycles. The second-order valence-electron chi connectivity index (χ2n) is 4.97. The van der Waals surface area contributed by atoms with Gasteiger partial charge in [-0.15, -0.1) is 0 Å². The van der Waals surface area contributed by atoms with Crippen molar-refractivity contribution < 1.29 is 4.79 Å². The molecule has 5 heteroatoms. The van der Waals surface area contributed by atoms with Crippen LogP contribution in [0.5, 0.6) is 0 Å². The summed E-state index contributed by atoms with van der Waals surface area (Å²) in [5, 5.41) is 3.44. The van der Waals surface area contributed by atoms with Crippen LogP contribution in [0.2, 0.25) is 5.02 Å². The molecule has 1 amide bonds. The zero-order chi connectivity index (χ0) is 13.8. The Balaban J connectivity index is 1.94. The molecule has 4 nitrogen and oxygen atoms in total. The number of amides is 1. The van der Waals surface area contributed by atoms with E-state index in [4.69, 9.17) is 17.3 Å². The van der Waals surface area contributed by atoms with Crippen molar-refractivity contribution in [3.05, 3.63) is 28.8 Å². The van der Waals surface area contributed by atoms with Crippen molar-refractivity contribution in [2.24, 2.45) is 5.92 Å². The number of nitrogens with zero attached hydrogens (tertiary/aromatic N) is 1. The molecule has 104 valence electrons. The van der Waals surface area contributed by atoms with E-state index in [9.17, 15) is 4.79 Å². The summed E-state index contributed by atoms with van der Waals surface area (Å²) in [5.74, 6) is 0.293. The van der Waals surface area contributed by atoms with Gasteiger partial charge in [0.15, 0.2) is 0 Å². The van der Waals surface area contributed by atoms with Gasteiger partial charge in [0.05, 0.1) is 0 Å². The highest BCUT2D eigenvalue weighted by molar-refractivity contribution is 6.31. The quantitative estimate of drug-likeness (QED) is 0.832. The highest BCUT2D eigenvalue weighted by atomic mass is 35.5. The molecular formula is C14H20ClN3O. The van der Waals surface area contributed by atoms with Crippen LogP contribution < -0.4 is 11.1 Å². The SMILES string of the molecule is CNC(=O)C1CCN(Cc2c(N)cccc2Cl)CC1. The van der Waals surface area contributed by atoms with Crippen molar-refractivity contribution in [2.45, 2.75) is 19.4 Å². The van der Waals surface area contributed by atoms with Gasteiger partial charge in [0, 0.05) is 35.8 Å². The van der Waals surface area contributed by atoms with Crippen molar-refractivity contribution >= 4 is 23.2 Å². The van der Waals surface area contributed by atoms with Crippen molar-refractivity contribution in [1.82, 2.24) is 10.2 Å². The van der Waals surface area contributed by atoms with Gasteiger partial charge in [-0.2, -0.15) is 0 Å². The number of carbonyl (C=O) groups is 1. The van der Waals surface area contributed by atoms with Crippen molar-refractivity contribution in [2.75, 3.05) is 25.9 Å². The topological polar surface area (TPSA) is 58.4 Å². The highest BCUT2D eigenvalue weighted by Gasteiger charge is 2.24. The van der Waals surface area contributed by atoms with Gasteiger partial charge in [0.25, 0.3) is 0 Å². The molecular weight excluding hydrogens is 262 g/mol. The Labute approximate surface area is 118 Å². The Hall–Kier alpha value is -1.26. The predicted molar refractivity (Wildman–Crippen MR) is 77.9 cm³/mol. The molecule has 0 unspecified atom stereocenters. The third-order valence-corrected chi connectivity index (χ3v) is 4.10. The van der Waals surface area contributed by atoms with E-state index in [-0.39, 0.29) is 11.8 Å².